The monoisotopic (exact) mass is 432 g/mol. The molecule has 0 aliphatic carbocycles. The zero-order valence-electron chi connectivity index (χ0n) is 21.0. The minimum Gasteiger partial charge on any atom is -0.255 e. The van der Waals surface area contributed by atoms with Crippen LogP contribution in [0.4, 0.5) is 11.4 Å². The molecule has 0 N–H and O–H groups in total. The average Bonchev–Trinajstić information content (AvgIpc) is 2.82. The van der Waals surface area contributed by atoms with Crippen LogP contribution in [0, 0.1) is 0 Å². The molecule has 0 spiro atoms. The lowest BCUT2D eigenvalue weighted by atomic mass is 9.97. The quantitative estimate of drug-likeness (QED) is 0.251. The van der Waals surface area contributed by atoms with Gasteiger partial charge in [-0.15, -0.1) is 0 Å². The summed E-state index contributed by atoms with van der Waals surface area (Å²) in [4.78, 5) is 9.33. The topological polar surface area (TPSA) is 24.7 Å². The van der Waals surface area contributed by atoms with Crippen LogP contribution in [0.5, 0.6) is 0 Å². The maximum absolute atomic E-state index is 4.67. The number of hydrogen-bond donors (Lipinski definition) is 0. The van der Waals surface area contributed by atoms with Gasteiger partial charge < -0.3 is 0 Å². The number of aliphatic imine (C=N–C) groups is 2. The van der Waals surface area contributed by atoms with Crippen molar-refractivity contribution in [1.29, 1.82) is 0 Å². The molecule has 2 aromatic rings. The Morgan fingerprint density at radius 1 is 0.500 bits per heavy atom. The van der Waals surface area contributed by atoms with Gasteiger partial charge in [0.2, 0.25) is 0 Å². The SMILES string of the molecule is CCCCc1ccc(N=CC=Nc2ccc(CCCC)c(CCCC)c2)cc1CCCC. The zero-order valence-corrected chi connectivity index (χ0v) is 21.0. The van der Waals surface area contributed by atoms with Crippen LogP contribution in [0.15, 0.2) is 46.4 Å². The fraction of sp³-hybridized carbons (Fsp3) is 0.533. The molecule has 174 valence electrons. The fourth-order valence-electron chi connectivity index (χ4n) is 4.05. The summed E-state index contributed by atoms with van der Waals surface area (Å²) < 4.78 is 0. The molecule has 0 radical (unpaired) electrons. The molecular weight excluding hydrogens is 388 g/mol. The molecule has 0 fully saturated rings. The van der Waals surface area contributed by atoms with Crippen molar-refractivity contribution in [2.75, 3.05) is 0 Å². The maximum Gasteiger partial charge on any atom is 0.0633 e. The van der Waals surface area contributed by atoms with Crippen LogP contribution in [-0.2, 0) is 25.7 Å². The van der Waals surface area contributed by atoms with Gasteiger partial charge in [-0.2, -0.15) is 0 Å². The van der Waals surface area contributed by atoms with Gasteiger partial charge in [-0.05, 0) is 97.9 Å². The lowest BCUT2D eigenvalue weighted by Crippen LogP contribution is -1.95. The summed E-state index contributed by atoms with van der Waals surface area (Å²) in [6, 6.07) is 13.4. The summed E-state index contributed by atoms with van der Waals surface area (Å²) in [5.41, 5.74) is 7.99. The van der Waals surface area contributed by atoms with Gasteiger partial charge in [0.05, 0.1) is 11.4 Å². The van der Waals surface area contributed by atoms with E-state index >= 15 is 0 Å². The van der Waals surface area contributed by atoms with Gasteiger partial charge in [-0.3, -0.25) is 9.98 Å². The van der Waals surface area contributed by atoms with E-state index in [2.05, 4.69) is 74.1 Å². The summed E-state index contributed by atoms with van der Waals surface area (Å²) in [6.45, 7) is 9.03. The molecule has 0 aliphatic heterocycles. The summed E-state index contributed by atoms with van der Waals surface area (Å²) >= 11 is 0. The minimum absolute atomic E-state index is 1.03. The molecule has 32 heavy (non-hydrogen) atoms. The van der Waals surface area contributed by atoms with Gasteiger partial charge in [-0.1, -0.05) is 65.5 Å². The average molecular weight is 433 g/mol. The number of unbranched alkanes of at least 4 members (excludes halogenated alkanes) is 4. The van der Waals surface area contributed by atoms with E-state index in [0.29, 0.717) is 0 Å². The molecule has 2 heteroatoms. The van der Waals surface area contributed by atoms with E-state index in [-0.39, 0.29) is 0 Å². The lowest BCUT2D eigenvalue weighted by molar-refractivity contribution is 0.758. The molecule has 0 aliphatic rings. The number of nitrogens with zero attached hydrogens (tertiary/aromatic N) is 2. The molecule has 0 atom stereocenters. The largest absolute Gasteiger partial charge is 0.255 e. The first-order valence-corrected chi connectivity index (χ1v) is 13.0. The molecule has 0 saturated heterocycles. The van der Waals surface area contributed by atoms with E-state index in [1.54, 1.807) is 0 Å². The molecule has 2 rings (SSSR count). The van der Waals surface area contributed by atoms with Gasteiger partial charge in [0.1, 0.15) is 0 Å². The summed E-state index contributed by atoms with van der Waals surface area (Å²) in [5, 5.41) is 0. The van der Waals surface area contributed by atoms with Crippen molar-refractivity contribution in [3.05, 3.63) is 58.7 Å². The molecule has 0 bridgehead atoms. The lowest BCUT2D eigenvalue weighted by Gasteiger charge is -2.10. The van der Waals surface area contributed by atoms with Crippen molar-refractivity contribution in [2.45, 2.75) is 105 Å². The van der Waals surface area contributed by atoms with E-state index in [0.717, 1.165) is 24.2 Å². The first kappa shape index (κ1) is 26.0. The highest BCUT2D eigenvalue weighted by molar-refractivity contribution is 6.17. The highest BCUT2D eigenvalue weighted by Gasteiger charge is 2.05. The molecule has 0 unspecified atom stereocenters. The fourth-order valence-corrected chi connectivity index (χ4v) is 4.05. The Hall–Kier alpha value is -2.22. The Balaban J connectivity index is 2.09. The van der Waals surface area contributed by atoms with Crippen molar-refractivity contribution in [3.8, 4) is 0 Å². The van der Waals surface area contributed by atoms with Crippen molar-refractivity contribution in [2.24, 2.45) is 9.98 Å². The van der Waals surface area contributed by atoms with Gasteiger partial charge in [-0.25, -0.2) is 0 Å². The van der Waals surface area contributed by atoms with Crippen molar-refractivity contribution in [1.82, 2.24) is 0 Å². The third-order valence-corrected chi connectivity index (χ3v) is 6.09. The normalized spacial score (nSPS) is 11.8. The second kappa shape index (κ2) is 15.6. The van der Waals surface area contributed by atoms with E-state index in [1.165, 1.54) is 86.5 Å². The molecule has 0 aromatic heterocycles. The first-order chi connectivity index (χ1) is 15.7. The second-order valence-corrected chi connectivity index (χ2v) is 8.88. The molecular formula is C30H44N2. The number of rotatable bonds is 15. The van der Waals surface area contributed by atoms with Crippen LogP contribution in [0.3, 0.4) is 0 Å². The van der Waals surface area contributed by atoms with E-state index < -0.39 is 0 Å². The van der Waals surface area contributed by atoms with E-state index in [1.807, 2.05) is 12.4 Å². The molecule has 0 heterocycles. The number of hydrogen-bond acceptors (Lipinski definition) is 2. The van der Waals surface area contributed by atoms with Gasteiger partial charge in [0.25, 0.3) is 0 Å². The predicted octanol–water partition coefficient (Wildman–Crippen LogP) is 9.16. The minimum atomic E-state index is 1.03. The van der Waals surface area contributed by atoms with Crippen molar-refractivity contribution >= 4 is 23.8 Å². The molecule has 2 aromatic carbocycles. The third-order valence-electron chi connectivity index (χ3n) is 6.09. The van der Waals surface area contributed by atoms with Crippen LogP contribution in [0.2, 0.25) is 0 Å². The zero-order chi connectivity index (χ0) is 23.0. The summed E-state index contributed by atoms with van der Waals surface area (Å²) in [5.74, 6) is 0. The van der Waals surface area contributed by atoms with E-state index in [9.17, 15) is 0 Å². The third kappa shape index (κ3) is 9.10. The van der Waals surface area contributed by atoms with Gasteiger partial charge in [0, 0.05) is 12.4 Å². The number of aryl methyl sites for hydroxylation is 4. The van der Waals surface area contributed by atoms with Crippen LogP contribution in [0.1, 0.15) is 101 Å². The predicted molar refractivity (Wildman–Crippen MR) is 144 cm³/mol. The van der Waals surface area contributed by atoms with Gasteiger partial charge >= 0.3 is 0 Å². The molecule has 0 amide bonds. The summed E-state index contributed by atoms with van der Waals surface area (Å²) in [6.07, 6.45) is 18.2. The maximum atomic E-state index is 4.67. The summed E-state index contributed by atoms with van der Waals surface area (Å²) in [7, 11) is 0. The van der Waals surface area contributed by atoms with Gasteiger partial charge in [0.15, 0.2) is 0 Å². The Labute approximate surface area is 197 Å². The smallest absolute Gasteiger partial charge is 0.0633 e. The van der Waals surface area contributed by atoms with Crippen LogP contribution in [0.25, 0.3) is 0 Å². The van der Waals surface area contributed by atoms with E-state index in [4.69, 9.17) is 0 Å². The second-order valence-electron chi connectivity index (χ2n) is 8.88. The highest BCUT2D eigenvalue weighted by atomic mass is 14.8. The Morgan fingerprint density at radius 2 is 0.844 bits per heavy atom. The van der Waals surface area contributed by atoms with Crippen LogP contribution < -0.4 is 0 Å². The number of benzene rings is 2. The van der Waals surface area contributed by atoms with Crippen molar-refractivity contribution < 1.29 is 0 Å². The first-order valence-electron chi connectivity index (χ1n) is 13.0. The Morgan fingerprint density at radius 3 is 1.19 bits per heavy atom. The standard InChI is InChI=1S/C30H44N2/c1-5-9-13-25-17-19-29(23-27(25)15-11-7-3)31-21-22-32-30-20-18-26(14-10-6-2)28(24-30)16-12-8-4/h17-24H,5-16H2,1-4H3. The molecule has 0 saturated carbocycles. The Bertz CT molecular complexity index is 776. The van der Waals surface area contributed by atoms with Crippen molar-refractivity contribution in [3.63, 3.8) is 0 Å². The molecule has 2 nitrogen and oxygen atoms in total. The highest BCUT2D eigenvalue weighted by Crippen LogP contribution is 2.23. The van der Waals surface area contributed by atoms with Crippen LogP contribution in [-0.4, -0.2) is 12.4 Å². The Kier molecular flexibility index (Phi) is 12.7. The van der Waals surface area contributed by atoms with Crippen LogP contribution >= 0.6 is 0 Å².